The van der Waals surface area contributed by atoms with Crippen LogP contribution in [0, 0.1) is 22.0 Å². The number of hydrogen-bond donors (Lipinski definition) is 0. The van der Waals surface area contributed by atoms with Crippen molar-refractivity contribution < 1.29 is 9.72 Å². The maximum atomic E-state index is 12.5. The van der Waals surface area contributed by atoms with Crippen molar-refractivity contribution in [2.75, 3.05) is 13.1 Å². The standard InChI is InChI=1S/C14H15BrN2O3/c15-12-5-4-9(6-13(12)17(19)20)14(18)16-7-10-2-1-3-11(10)8-16/h4-6,10-11H,1-3,7-8H2. The monoisotopic (exact) mass is 338 g/mol. The summed E-state index contributed by atoms with van der Waals surface area (Å²) in [6.07, 6.45) is 3.67. The highest BCUT2D eigenvalue weighted by Crippen LogP contribution is 2.38. The summed E-state index contributed by atoms with van der Waals surface area (Å²) in [5.74, 6) is 1.17. The van der Waals surface area contributed by atoms with Crippen LogP contribution in [-0.2, 0) is 0 Å². The van der Waals surface area contributed by atoms with Crippen LogP contribution in [0.2, 0.25) is 0 Å². The number of rotatable bonds is 2. The van der Waals surface area contributed by atoms with Crippen molar-refractivity contribution in [3.8, 4) is 0 Å². The van der Waals surface area contributed by atoms with Crippen molar-refractivity contribution in [1.29, 1.82) is 0 Å². The van der Waals surface area contributed by atoms with Crippen molar-refractivity contribution in [1.82, 2.24) is 4.90 Å². The first-order valence-corrected chi connectivity index (χ1v) is 7.59. The van der Waals surface area contributed by atoms with Gasteiger partial charge in [0.15, 0.2) is 0 Å². The molecule has 0 radical (unpaired) electrons. The molecule has 5 nitrogen and oxygen atoms in total. The summed E-state index contributed by atoms with van der Waals surface area (Å²) >= 11 is 3.14. The van der Waals surface area contributed by atoms with E-state index in [1.807, 2.05) is 4.90 Å². The second-order valence-corrected chi connectivity index (χ2v) is 6.44. The molecule has 1 aromatic carbocycles. The minimum absolute atomic E-state index is 0.0600. The number of nitrogens with zero attached hydrogens (tertiary/aromatic N) is 2. The number of carbonyl (C=O) groups is 1. The topological polar surface area (TPSA) is 63.4 Å². The molecular formula is C14H15BrN2O3. The minimum atomic E-state index is -0.473. The van der Waals surface area contributed by atoms with Gasteiger partial charge in [0.1, 0.15) is 0 Å². The summed E-state index contributed by atoms with van der Waals surface area (Å²) < 4.78 is 0.400. The Hall–Kier alpha value is -1.43. The number of amides is 1. The predicted molar refractivity (Wildman–Crippen MR) is 77.5 cm³/mol. The average molecular weight is 339 g/mol. The lowest BCUT2D eigenvalue weighted by atomic mass is 10.0. The number of nitro groups is 1. The molecule has 0 aromatic heterocycles. The Morgan fingerprint density at radius 3 is 2.55 bits per heavy atom. The van der Waals surface area contributed by atoms with Crippen LogP contribution >= 0.6 is 15.9 Å². The first kappa shape index (κ1) is 13.5. The molecule has 3 rings (SSSR count). The lowest BCUT2D eigenvalue weighted by Gasteiger charge is -2.17. The molecule has 6 heteroatoms. The molecule has 1 amide bonds. The van der Waals surface area contributed by atoms with Crippen LogP contribution in [0.15, 0.2) is 22.7 Å². The van der Waals surface area contributed by atoms with E-state index in [-0.39, 0.29) is 11.6 Å². The van der Waals surface area contributed by atoms with Gasteiger partial charge < -0.3 is 4.90 Å². The number of hydrogen-bond acceptors (Lipinski definition) is 3. The lowest BCUT2D eigenvalue weighted by molar-refractivity contribution is -0.385. The van der Waals surface area contributed by atoms with Crippen LogP contribution in [0.4, 0.5) is 5.69 Å². The molecule has 1 saturated heterocycles. The number of halogens is 1. The van der Waals surface area contributed by atoms with E-state index in [9.17, 15) is 14.9 Å². The summed E-state index contributed by atoms with van der Waals surface area (Å²) in [5.41, 5.74) is 0.343. The third-order valence-electron chi connectivity index (χ3n) is 4.40. The van der Waals surface area contributed by atoms with E-state index >= 15 is 0 Å². The molecule has 0 N–H and O–H groups in total. The fraction of sp³-hybridized carbons (Fsp3) is 0.500. The minimum Gasteiger partial charge on any atom is -0.338 e. The molecular weight excluding hydrogens is 324 g/mol. The van der Waals surface area contributed by atoms with Crippen LogP contribution in [-0.4, -0.2) is 28.8 Å². The highest BCUT2D eigenvalue weighted by Gasteiger charge is 2.38. The number of carbonyl (C=O) groups excluding carboxylic acids is 1. The zero-order valence-corrected chi connectivity index (χ0v) is 12.5. The number of likely N-dealkylation sites (tertiary alicyclic amines) is 1. The maximum absolute atomic E-state index is 12.5. The molecule has 0 spiro atoms. The van der Waals surface area contributed by atoms with E-state index in [1.54, 1.807) is 12.1 Å². The van der Waals surface area contributed by atoms with Gasteiger partial charge in [0.05, 0.1) is 9.40 Å². The zero-order chi connectivity index (χ0) is 14.3. The van der Waals surface area contributed by atoms with Gasteiger partial charge in [-0.2, -0.15) is 0 Å². The molecule has 1 aliphatic carbocycles. The van der Waals surface area contributed by atoms with Crippen LogP contribution in [0.25, 0.3) is 0 Å². The fourth-order valence-corrected chi connectivity index (χ4v) is 3.76. The number of benzene rings is 1. The Balaban J connectivity index is 1.81. The molecule has 1 aliphatic heterocycles. The normalized spacial score (nSPS) is 24.8. The first-order chi connectivity index (χ1) is 9.56. The van der Waals surface area contributed by atoms with Crippen molar-refractivity contribution >= 4 is 27.5 Å². The summed E-state index contributed by atoms with van der Waals surface area (Å²) in [5, 5.41) is 10.9. The summed E-state index contributed by atoms with van der Waals surface area (Å²) in [7, 11) is 0. The van der Waals surface area contributed by atoms with E-state index in [0.29, 0.717) is 21.9 Å². The molecule has 1 saturated carbocycles. The molecule has 0 bridgehead atoms. The van der Waals surface area contributed by atoms with E-state index < -0.39 is 4.92 Å². The van der Waals surface area contributed by atoms with Gasteiger partial charge in [-0.25, -0.2) is 0 Å². The van der Waals surface area contributed by atoms with Gasteiger partial charge in [0, 0.05) is 24.7 Å². The predicted octanol–water partition coefficient (Wildman–Crippen LogP) is 3.23. The highest BCUT2D eigenvalue weighted by atomic mass is 79.9. The van der Waals surface area contributed by atoms with Crippen molar-refractivity contribution in [2.45, 2.75) is 19.3 Å². The summed E-state index contributed by atoms with van der Waals surface area (Å²) in [6, 6.07) is 4.58. The fourth-order valence-electron chi connectivity index (χ4n) is 3.37. The molecule has 1 aromatic rings. The van der Waals surface area contributed by atoms with Gasteiger partial charge >= 0.3 is 0 Å². The number of nitro benzene ring substituents is 1. The quantitative estimate of drug-likeness (QED) is 0.614. The van der Waals surface area contributed by atoms with Crippen LogP contribution < -0.4 is 0 Å². The Kier molecular flexibility index (Phi) is 3.50. The molecule has 2 unspecified atom stereocenters. The van der Waals surface area contributed by atoms with E-state index in [4.69, 9.17) is 0 Å². The molecule has 2 fully saturated rings. The summed E-state index contributed by atoms with van der Waals surface area (Å²) in [4.78, 5) is 24.8. The lowest BCUT2D eigenvalue weighted by Crippen LogP contribution is -2.29. The van der Waals surface area contributed by atoms with E-state index in [1.165, 1.54) is 25.3 Å². The molecule has 2 atom stereocenters. The molecule has 106 valence electrons. The third kappa shape index (κ3) is 2.32. The van der Waals surface area contributed by atoms with Gasteiger partial charge in [0.2, 0.25) is 0 Å². The molecule has 20 heavy (non-hydrogen) atoms. The zero-order valence-electron chi connectivity index (χ0n) is 10.9. The first-order valence-electron chi connectivity index (χ1n) is 6.79. The second kappa shape index (κ2) is 5.16. The third-order valence-corrected chi connectivity index (χ3v) is 5.07. The van der Waals surface area contributed by atoms with E-state index in [2.05, 4.69) is 15.9 Å². The molecule has 2 aliphatic rings. The van der Waals surface area contributed by atoms with Gasteiger partial charge in [-0.3, -0.25) is 14.9 Å². The molecule has 1 heterocycles. The highest BCUT2D eigenvalue weighted by molar-refractivity contribution is 9.10. The maximum Gasteiger partial charge on any atom is 0.284 e. The van der Waals surface area contributed by atoms with E-state index in [0.717, 1.165) is 13.1 Å². The largest absolute Gasteiger partial charge is 0.338 e. The number of fused-ring (bicyclic) bond motifs is 1. The van der Waals surface area contributed by atoms with Crippen LogP contribution in [0.5, 0.6) is 0 Å². The van der Waals surface area contributed by atoms with Crippen molar-refractivity contribution in [2.24, 2.45) is 11.8 Å². The Morgan fingerprint density at radius 2 is 1.95 bits per heavy atom. The average Bonchev–Trinajstić information content (AvgIpc) is 2.98. The van der Waals surface area contributed by atoms with Gasteiger partial charge in [-0.15, -0.1) is 0 Å². The van der Waals surface area contributed by atoms with Crippen LogP contribution in [0.1, 0.15) is 29.6 Å². The van der Waals surface area contributed by atoms with Gasteiger partial charge in [0.25, 0.3) is 11.6 Å². The Bertz CT molecular complexity index is 564. The van der Waals surface area contributed by atoms with Crippen LogP contribution in [0.3, 0.4) is 0 Å². The Morgan fingerprint density at radius 1 is 1.30 bits per heavy atom. The SMILES string of the molecule is O=C(c1ccc(Br)c([N+](=O)[O-])c1)N1CC2CCCC2C1. The summed E-state index contributed by atoms with van der Waals surface area (Å²) in [6.45, 7) is 1.60. The smallest absolute Gasteiger partial charge is 0.284 e. The van der Waals surface area contributed by atoms with Crippen molar-refractivity contribution in [3.63, 3.8) is 0 Å². The van der Waals surface area contributed by atoms with Gasteiger partial charge in [-0.05, 0) is 52.7 Å². The Labute approximate surface area is 125 Å². The second-order valence-electron chi connectivity index (χ2n) is 5.58. The van der Waals surface area contributed by atoms with Gasteiger partial charge in [-0.1, -0.05) is 6.42 Å². The van der Waals surface area contributed by atoms with Crippen molar-refractivity contribution in [3.05, 3.63) is 38.3 Å².